The summed E-state index contributed by atoms with van der Waals surface area (Å²) in [6.45, 7) is 5.72. The molecule has 0 fully saturated rings. The van der Waals surface area contributed by atoms with Crippen LogP contribution in [-0.4, -0.2) is 58.2 Å². The average Bonchev–Trinajstić information content (AvgIpc) is 3.51. The Kier molecular flexibility index (Phi) is 11.3. The van der Waals surface area contributed by atoms with Crippen LogP contribution in [0.2, 0.25) is 0 Å². The third-order valence-electron chi connectivity index (χ3n) is 8.30. The van der Waals surface area contributed by atoms with Gasteiger partial charge in [-0.1, -0.05) is 43.0 Å². The molecule has 1 aliphatic heterocycles. The largest absolute Gasteiger partial charge is 0.497 e. The van der Waals surface area contributed by atoms with E-state index in [0.717, 1.165) is 55.2 Å². The minimum atomic E-state index is -4.02. The highest BCUT2D eigenvalue weighted by Crippen LogP contribution is 2.49. The zero-order valence-electron chi connectivity index (χ0n) is 27.6. The molecular formula is C34H43N2O8S4+. The zero-order valence-corrected chi connectivity index (χ0v) is 30.9. The summed E-state index contributed by atoms with van der Waals surface area (Å²) in [7, 11) is -4.76. The van der Waals surface area contributed by atoms with Gasteiger partial charge in [0, 0.05) is 30.0 Å². The third-order valence-corrected chi connectivity index (χ3v) is 12.1. The Balaban J connectivity index is 1.48. The van der Waals surface area contributed by atoms with E-state index >= 15 is 0 Å². The molecule has 0 saturated carbocycles. The van der Waals surface area contributed by atoms with E-state index in [9.17, 15) is 25.9 Å². The van der Waals surface area contributed by atoms with Gasteiger partial charge >= 0.3 is 0 Å². The molecule has 0 atom stereocenters. The van der Waals surface area contributed by atoms with E-state index in [2.05, 4.69) is 41.5 Å². The summed E-state index contributed by atoms with van der Waals surface area (Å²) < 4.78 is 78.0. The van der Waals surface area contributed by atoms with Crippen LogP contribution in [0.25, 0.3) is 16.3 Å². The highest BCUT2D eigenvalue weighted by Gasteiger charge is 2.30. The standard InChI is InChI=1S/C34H42N2O8S4/c1-34(2)22-24(18-32-35(13-5-7-15-47(37,38)39)28-20-26(43-3)9-11-30(28)45-32)17-25(23-34)19-33-36(14-6-8-16-48(40,41)42)29-21-27(44-4)10-12-31(29)46-33/h9-12,17-21H,5-8,13-16,22-23H2,1-4H3,(H-,37,38,39,40,41,42)/p+1. The van der Waals surface area contributed by atoms with E-state index in [-0.39, 0.29) is 16.9 Å². The maximum atomic E-state index is 11.3. The Bertz CT molecular complexity index is 1980. The number of rotatable bonds is 14. The van der Waals surface area contributed by atoms with Crippen LogP contribution in [0.15, 0.2) is 69.6 Å². The fourth-order valence-electron chi connectivity index (χ4n) is 6.21. The Morgan fingerprint density at radius 3 is 2.25 bits per heavy atom. The minimum Gasteiger partial charge on any atom is -0.497 e. The smallest absolute Gasteiger partial charge is 0.264 e. The summed E-state index contributed by atoms with van der Waals surface area (Å²) in [6.07, 6.45) is 10.4. The number of allylic oxidation sites excluding steroid dienone is 4. The number of hydrogen-bond acceptors (Lipinski definition) is 9. The molecular weight excluding hydrogens is 693 g/mol. The molecule has 1 aromatic heterocycles. The molecule has 0 saturated heterocycles. The second-order valence-electron chi connectivity index (χ2n) is 12.9. The number of aryl methyl sites for hydroxylation is 1. The summed E-state index contributed by atoms with van der Waals surface area (Å²) in [5.74, 6) is 0.954. The van der Waals surface area contributed by atoms with Gasteiger partial charge in [0.1, 0.15) is 16.2 Å². The molecule has 10 nitrogen and oxygen atoms in total. The third kappa shape index (κ3) is 9.63. The van der Waals surface area contributed by atoms with Gasteiger partial charge in [0.15, 0.2) is 6.54 Å². The fraction of sp³-hybridized carbons (Fsp3) is 0.441. The number of thiazole rings is 1. The van der Waals surface area contributed by atoms with E-state index in [0.29, 0.717) is 38.8 Å². The van der Waals surface area contributed by atoms with E-state index in [1.807, 2.05) is 36.4 Å². The van der Waals surface area contributed by atoms with Crippen LogP contribution in [0, 0.1) is 5.41 Å². The number of unbranched alkanes of at least 4 members (excludes halogenated alkanes) is 2. The van der Waals surface area contributed by atoms with Gasteiger partial charge in [0.2, 0.25) is 5.52 Å². The molecule has 48 heavy (non-hydrogen) atoms. The molecule has 0 radical (unpaired) electrons. The molecule has 14 heteroatoms. The predicted molar refractivity (Wildman–Crippen MR) is 193 cm³/mol. The molecule has 0 bridgehead atoms. The molecule has 0 unspecified atom stereocenters. The first kappa shape index (κ1) is 36.4. The number of benzene rings is 2. The van der Waals surface area contributed by atoms with Crippen LogP contribution in [0.1, 0.15) is 57.4 Å². The van der Waals surface area contributed by atoms with Crippen LogP contribution in [-0.2, 0) is 26.8 Å². The number of nitrogens with zero attached hydrogens (tertiary/aromatic N) is 2. The van der Waals surface area contributed by atoms with Crippen LogP contribution in [0.4, 0.5) is 5.69 Å². The second-order valence-corrected chi connectivity index (χ2v) is 18.2. The number of aromatic nitrogens is 1. The second kappa shape index (κ2) is 14.9. The van der Waals surface area contributed by atoms with Crippen molar-refractivity contribution in [2.24, 2.45) is 5.41 Å². The summed E-state index contributed by atoms with van der Waals surface area (Å²) in [4.78, 5) is 3.30. The van der Waals surface area contributed by atoms with Crippen LogP contribution < -0.4 is 18.9 Å². The Labute approximate surface area is 291 Å². The monoisotopic (exact) mass is 735 g/mol. The topological polar surface area (TPSA) is 134 Å². The molecule has 0 spiro atoms. The quantitative estimate of drug-likeness (QED) is 0.100. The van der Waals surface area contributed by atoms with Crippen molar-refractivity contribution >= 4 is 65.3 Å². The lowest BCUT2D eigenvalue weighted by Gasteiger charge is -2.31. The number of ether oxygens (including phenoxy) is 2. The maximum Gasteiger partial charge on any atom is 0.264 e. The highest BCUT2D eigenvalue weighted by atomic mass is 32.2. The van der Waals surface area contributed by atoms with Gasteiger partial charge < -0.3 is 14.4 Å². The molecule has 260 valence electrons. The molecule has 2 aromatic carbocycles. The van der Waals surface area contributed by atoms with Gasteiger partial charge in [0.05, 0.1) is 42.5 Å². The lowest BCUT2D eigenvalue weighted by Crippen LogP contribution is -2.35. The first-order valence-electron chi connectivity index (χ1n) is 15.8. The van der Waals surface area contributed by atoms with Crippen LogP contribution in [0.3, 0.4) is 0 Å². The van der Waals surface area contributed by atoms with Crippen molar-refractivity contribution in [3.63, 3.8) is 0 Å². The predicted octanol–water partition coefficient (Wildman–Crippen LogP) is 7.13. The van der Waals surface area contributed by atoms with Gasteiger partial charge in [0.25, 0.3) is 25.2 Å². The van der Waals surface area contributed by atoms with Crippen molar-refractivity contribution in [2.75, 3.05) is 37.2 Å². The van der Waals surface area contributed by atoms with E-state index < -0.39 is 20.2 Å². The molecule has 1 aliphatic carbocycles. The van der Waals surface area contributed by atoms with Crippen LogP contribution in [0.5, 0.6) is 11.5 Å². The van der Waals surface area contributed by atoms with E-state index in [1.165, 1.54) is 11.1 Å². The molecule has 2 N–H and O–H groups in total. The van der Waals surface area contributed by atoms with Crippen molar-refractivity contribution < 1.29 is 40.0 Å². The fourth-order valence-corrected chi connectivity index (χ4v) is 9.64. The molecule has 5 rings (SSSR count). The summed E-state index contributed by atoms with van der Waals surface area (Å²) in [5.41, 5.74) is 4.39. The van der Waals surface area contributed by atoms with Crippen molar-refractivity contribution in [3.8, 4) is 11.5 Å². The van der Waals surface area contributed by atoms with Gasteiger partial charge in [-0.25, -0.2) is 0 Å². The molecule has 2 heterocycles. The number of fused-ring (bicyclic) bond motifs is 2. The summed E-state index contributed by atoms with van der Waals surface area (Å²) in [6, 6.07) is 12.0. The van der Waals surface area contributed by atoms with Crippen molar-refractivity contribution in [3.05, 3.63) is 69.7 Å². The minimum absolute atomic E-state index is 0.00709. The maximum absolute atomic E-state index is 11.3. The Morgan fingerprint density at radius 1 is 0.896 bits per heavy atom. The number of anilines is 1. The number of methoxy groups -OCH3 is 2. The Hall–Kier alpha value is -2.88. The SMILES string of the molecule is COc1ccc2c(c1)N(CCCCS(=O)(=O)O)/C(=C\C1=CC(=C\c3sc4ccc(OC)cc4[n+]3CCCCS(=O)(=O)O)/CC(C)(C)C1)S2. The van der Waals surface area contributed by atoms with E-state index in [1.54, 1.807) is 37.3 Å². The number of thioether (sulfide) groups is 1. The van der Waals surface area contributed by atoms with E-state index in [4.69, 9.17) is 9.47 Å². The van der Waals surface area contributed by atoms with Gasteiger partial charge in [-0.15, -0.1) is 0 Å². The average molecular weight is 736 g/mol. The van der Waals surface area contributed by atoms with Gasteiger partial charge in [-0.2, -0.15) is 21.4 Å². The van der Waals surface area contributed by atoms with Gasteiger partial charge in [-0.05, 0) is 79.0 Å². The van der Waals surface area contributed by atoms with Crippen molar-refractivity contribution in [2.45, 2.75) is 63.8 Å². The first-order chi connectivity index (χ1) is 22.6. The van der Waals surface area contributed by atoms with Gasteiger partial charge in [-0.3, -0.25) is 9.11 Å². The summed E-state index contributed by atoms with van der Waals surface area (Å²) >= 11 is 3.35. The molecule has 2 aliphatic rings. The molecule has 0 amide bonds. The normalized spacial score (nSPS) is 18.0. The Morgan fingerprint density at radius 2 is 1.56 bits per heavy atom. The van der Waals surface area contributed by atoms with Crippen molar-refractivity contribution in [1.82, 2.24) is 0 Å². The number of hydrogen-bond donors (Lipinski definition) is 2. The summed E-state index contributed by atoms with van der Waals surface area (Å²) in [5, 5.41) is 2.10. The zero-order chi connectivity index (χ0) is 34.7. The van der Waals surface area contributed by atoms with Crippen LogP contribution >= 0.6 is 23.1 Å². The molecule has 3 aromatic rings. The lowest BCUT2D eigenvalue weighted by atomic mass is 9.75. The first-order valence-corrected chi connectivity index (χ1v) is 20.7. The highest BCUT2D eigenvalue weighted by molar-refractivity contribution is 8.03. The van der Waals surface area contributed by atoms with Crippen molar-refractivity contribution in [1.29, 1.82) is 0 Å². The lowest BCUT2D eigenvalue weighted by molar-refractivity contribution is -0.669.